The number of likely N-dealkylation sites (tertiary alicyclic amines) is 1. The number of alkyl halides is 3. The van der Waals surface area contributed by atoms with E-state index in [9.17, 15) is 13.2 Å². The Morgan fingerprint density at radius 3 is 2.63 bits per heavy atom. The van der Waals surface area contributed by atoms with Gasteiger partial charge in [-0.2, -0.15) is 13.2 Å². The van der Waals surface area contributed by atoms with Gasteiger partial charge in [0.05, 0.1) is 18.8 Å². The van der Waals surface area contributed by atoms with Crippen LogP contribution < -0.4 is 5.32 Å². The van der Waals surface area contributed by atoms with Crippen molar-refractivity contribution in [2.45, 2.75) is 43.3 Å². The molecule has 0 aromatic heterocycles. The van der Waals surface area contributed by atoms with Crippen molar-refractivity contribution in [1.29, 1.82) is 0 Å². The molecule has 1 saturated carbocycles. The van der Waals surface area contributed by atoms with Gasteiger partial charge in [-0.05, 0) is 30.9 Å². The molecule has 2 heterocycles. The van der Waals surface area contributed by atoms with Crippen LogP contribution in [0.15, 0.2) is 29.3 Å². The van der Waals surface area contributed by atoms with Crippen LogP contribution in [0.4, 0.5) is 13.2 Å². The first-order valence-corrected chi connectivity index (χ1v) is 10.9. The summed E-state index contributed by atoms with van der Waals surface area (Å²) in [5, 5.41) is 3.49. The number of aliphatic imine (C=N–C) groups is 1. The zero-order valence-electron chi connectivity index (χ0n) is 17.5. The van der Waals surface area contributed by atoms with Gasteiger partial charge in [-0.1, -0.05) is 24.6 Å². The summed E-state index contributed by atoms with van der Waals surface area (Å²) in [5.41, 5.74) is -0.0386. The topological polar surface area (TPSA) is 40.1 Å². The molecule has 3 fully saturated rings. The Morgan fingerprint density at radius 2 is 2.00 bits per heavy atom. The molecule has 2 saturated heterocycles. The van der Waals surface area contributed by atoms with Gasteiger partial charge in [-0.3, -0.25) is 9.89 Å². The third-order valence-electron chi connectivity index (χ3n) is 6.93. The fraction of sp³-hybridized carbons (Fsp3) is 0.682. The average molecular weight is 425 g/mol. The summed E-state index contributed by atoms with van der Waals surface area (Å²) in [6.07, 6.45) is -0.378. The third kappa shape index (κ3) is 4.44. The Morgan fingerprint density at radius 1 is 1.23 bits per heavy atom. The van der Waals surface area contributed by atoms with Crippen molar-refractivity contribution in [3.8, 4) is 0 Å². The van der Waals surface area contributed by atoms with E-state index in [1.807, 2.05) is 6.07 Å². The van der Waals surface area contributed by atoms with Gasteiger partial charge in [-0.15, -0.1) is 0 Å². The smallest absolute Gasteiger partial charge is 0.379 e. The number of nitrogens with one attached hydrogen (secondary N) is 1. The van der Waals surface area contributed by atoms with E-state index >= 15 is 0 Å². The summed E-state index contributed by atoms with van der Waals surface area (Å²) in [7, 11) is 1.78. The zero-order valence-corrected chi connectivity index (χ0v) is 17.5. The SMILES string of the molecule is CN=C(NCC1(c2cccc(C(F)(F)F)c2)CCC1)N1CCC(N2CCOCC2)C1. The van der Waals surface area contributed by atoms with Gasteiger partial charge < -0.3 is 15.0 Å². The van der Waals surface area contributed by atoms with E-state index in [2.05, 4.69) is 20.1 Å². The quantitative estimate of drug-likeness (QED) is 0.596. The molecule has 1 aliphatic carbocycles. The lowest BCUT2D eigenvalue weighted by molar-refractivity contribution is -0.137. The van der Waals surface area contributed by atoms with Crippen LogP contribution in [0.25, 0.3) is 0 Å². The van der Waals surface area contributed by atoms with Crippen molar-refractivity contribution < 1.29 is 17.9 Å². The molecule has 1 aromatic rings. The molecule has 1 aromatic carbocycles. The molecular weight excluding hydrogens is 393 g/mol. The second-order valence-electron chi connectivity index (χ2n) is 8.65. The minimum Gasteiger partial charge on any atom is -0.379 e. The lowest BCUT2D eigenvalue weighted by atomic mass is 9.64. The highest BCUT2D eigenvalue weighted by molar-refractivity contribution is 5.80. The Bertz CT molecular complexity index is 757. The first-order valence-electron chi connectivity index (χ1n) is 10.9. The molecule has 3 aliphatic rings. The Labute approximate surface area is 176 Å². The van der Waals surface area contributed by atoms with Gasteiger partial charge in [0.2, 0.25) is 0 Å². The molecule has 0 spiro atoms. The molecule has 0 radical (unpaired) electrons. The first kappa shape index (κ1) is 21.4. The maximum atomic E-state index is 13.2. The van der Waals surface area contributed by atoms with Crippen LogP contribution >= 0.6 is 0 Å². The van der Waals surface area contributed by atoms with Crippen molar-refractivity contribution in [2.75, 3.05) is 53.0 Å². The lowest BCUT2D eigenvalue weighted by Crippen LogP contribution is -2.50. The van der Waals surface area contributed by atoms with Gasteiger partial charge in [-0.25, -0.2) is 0 Å². The highest BCUT2D eigenvalue weighted by Gasteiger charge is 2.41. The summed E-state index contributed by atoms with van der Waals surface area (Å²) in [5.74, 6) is 0.851. The molecule has 1 atom stereocenters. The zero-order chi connectivity index (χ0) is 21.2. The van der Waals surface area contributed by atoms with E-state index in [1.165, 1.54) is 12.1 Å². The van der Waals surface area contributed by atoms with E-state index in [0.29, 0.717) is 12.6 Å². The Balaban J connectivity index is 1.40. The van der Waals surface area contributed by atoms with Crippen LogP contribution in [0.2, 0.25) is 0 Å². The largest absolute Gasteiger partial charge is 0.416 e. The number of hydrogen-bond acceptors (Lipinski definition) is 3. The second-order valence-corrected chi connectivity index (χ2v) is 8.65. The number of nitrogens with zero attached hydrogens (tertiary/aromatic N) is 3. The predicted octanol–water partition coefficient (Wildman–Crippen LogP) is 3.11. The molecule has 5 nitrogen and oxygen atoms in total. The van der Waals surface area contributed by atoms with Crippen molar-refractivity contribution in [1.82, 2.24) is 15.1 Å². The minimum absolute atomic E-state index is 0.249. The molecule has 4 rings (SSSR count). The summed E-state index contributed by atoms with van der Waals surface area (Å²) >= 11 is 0. The fourth-order valence-corrected chi connectivity index (χ4v) is 4.95. The van der Waals surface area contributed by atoms with Crippen LogP contribution in [-0.4, -0.2) is 74.8 Å². The number of benzene rings is 1. The van der Waals surface area contributed by atoms with E-state index in [0.717, 1.165) is 82.7 Å². The molecule has 2 aliphatic heterocycles. The molecule has 30 heavy (non-hydrogen) atoms. The van der Waals surface area contributed by atoms with Gasteiger partial charge in [0.15, 0.2) is 5.96 Å². The number of guanidine groups is 1. The Hall–Kier alpha value is -1.80. The molecule has 0 amide bonds. The Kier molecular flexibility index (Phi) is 6.25. The van der Waals surface area contributed by atoms with Crippen LogP contribution in [0.3, 0.4) is 0 Å². The second kappa shape index (κ2) is 8.75. The van der Waals surface area contributed by atoms with Gasteiger partial charge >= 0.3 is 6.18 Å². The highest BCUT2D eigenvalue weighted by atomic mass is 19.4. The fourth-order valence-electron chi connectivity index (χ4n) is 4.95. The molecule has 166 valence electrons. The summed E-state index contributed by atoms with van der Waals surface area (Å²) in [6, 6.07) is 6.35. The number of morpholine rings is 1. The van der Waals surface area contributed by atoms with Gasteiger partial charge in [0.25, 0.3) is 0 Å². The summed E-state index contributed by atoms with van der Waals surface area (Å²) in [6.45, 7) is 6.02. The van der Waals surface area contributed by atoms with Crippen molar-refractivity contribution in [3.05, 3.63) is 35.4 Å². The van der Waals surface area contributed by atoms with Gasteiger partial charge in [0.1, 0.15) is 0 Å². The lowest BCUT2D eigenvalue weighted by Gasteiger charge is -2.43. The summed E-state index contributed by atoms with van der Waals surface area (Å²) in [4.78, 5) is 9.24. The molecule has 0 bridgehead atoms. The normalized spacial score (nSPS) is 25.3. The van der Waals surface area contributed by atoms with Crippen LogP contribution in [0.5, 0.6) is 0 Å². The molecular formula is C22H31F3N4O. The van der Waals surface area contributed by atoms with Crippen molar-refractivity contribution in [2.24, 2.45) is 4.99 Å². The van der Waals surface area contributed by atoms with E-state index in [-0.39, 0.29) is 5.41 Å². The van der Waals surface area contributed by atoms with E-state index < -0.39 is 11.7 Å². The minimum atomic E-state index is -4.31. The molecule has 1 unspecified atom stereocenters. The number of ether oxygens (including phenoxy) is 1. The number of rotatable bonds is 4. The number of halogens is 3. The molecule has 1 N–H and O–H groups in total. The maximum Gasteiger partial charge on any atom is 0.416 e. The van der Waals surface area contributed by atoms with Gasteiger partial charge in [0, 0.05) is 51.2 Å². The van der Waals surface area contributed by atoms with Crippen LogP contribution in [0, 0.1) is 0 Å². The molecule has 8 heteroatoms. The van der Waals surface area contributed by atoms with Crippen molar-refractivity contribution in [3.63, 3.8) is 0 Å². The van der Waals surface area contributed by atoms with E-state index in [1.54, 1.807) is 7.05 Å². The average Bonchev–Trinajstić information content (AvgIpc) is 3.20. The van der Waals surface area contributed by atoms with Crippen LogP contribution in [0.1, 0.15) is 36.8 Å². The summed E-state index contributed by atoms with van der Waals surface area (Å²) < 4.78 is 45.0. The predicted molar refractivity (Wildman–Crippen MR) is 111 cm³/mol. The van der Waals surface area contributed by atoms with E-state index in [4.69, 9.17) is 4.74 Å². The van der Waals surface area contributed by atoms with Crippen LogP contribution in [-0.2, 0) is 16.3 Å². The standard InChI is InChI=1S/C22H31F3N4O/c1-26-20(29-9-6-19(15-29)28-10-12-30-13-11-28)27-16-21(7-3-8-21)17-4-2-5-18(14-17)22(23,24)25/h2,4-5,14,19H,3,6-13,15-16H2,1H3,(H,26,27). The monoisotopic (exact) mass is 424 g/mol. The maximum absolute atomic E-state index is 13.2. The first-order chi connectivity index (χ1) is 14.4. The van der Waals surface area contributed by atoms with Crippen molar-refractivity contribution >= 4 is 5.96 Å². The highest BCUT2D eigenvalue weighted by Crippen LogP contribution is 2.44. The number of hydrogen-bond donors (Lipinski definition) is 1. The third-order valence-corrected chi connectivity index (χ3v) is 6.93.